The normalized spacial score (nSPS) is 13.4. The van der Waals surface area contributed by atoms with Gasteiger partial charge in [0.05, 0.1) is 21.2 Å². The smallest absolute Gasteiger partial charge is 0.334 e. The minimum absolute atomic E-state index is 0. The molecular weight excluding hydrogens is 911 g/mol. The van der Waals surface area contributed by atoms with E-state index >= 15 is 0 Å². The maximum atomic E-state index is 10.9. The van der Waals surface area contributed by atoms with Crippen LogP contribution in [0.3, 0.4) is 0 Å². The molecule has 0 atom stereocenters. The Morgan fingerprint density at radius 2 is 1.08 bits per heavy atom. The first-order chi connectivity index (χ1) is 22.3. The predicted molar refractivity (Wildman–Crippen MR) is 206 cm³/mol. The van der Waals surface area contributed by atoms with Gasteiger partial charge in [0.15, 0.2) is 5.82 Å². The molecule has 2 fully saturated rings. The molecule has 0 amide bonds. The second-order valence-corrected chi connectivity index (χ2v) is 15.5. The van der Waals surface area contributed by atoms with Crippen LogP contribution < -0.4 is 32.7 Å². The Balaban J connectivity index is 0.000000639. The maximum Gasteiger partial charge on any atom is 0.334 e. The van der Waals surface area contributed by atoms with Crippen LogP contribution in [0.1, 0.15) is 45.4 Å². The Bertz CT molecular complexity index is 1400. The molecule has 3 aromatic rings. The van der Waals surface area contributed by atoms with Crippen LogP contribution >= 0.6 is 56.8 Å². The number of aliphatic hydroxyl groups is 1. The van der Waals surface area contributed by atoms with Crippen LogP contribution in [0, 0.1) is 22.2 Å². The zero-order valence-corrected chi connectivity index (χ0v) is 33.1. The van der Waals surface area contributed by atoms with Crippen LogP contribution in [-0.2, 0) is 18.6 Å². The summed E-state index contributed by atoms with van der Waals surface area (Å²) >= 11 is 9.89. The molecule has 16 nitrogen and oxygen atoms in total. The fraction of sp³-hybridized carbons (Fsp3) is 0.429. The Morgan fingerprint density at radius 3 is 1.48 bits per heavy atom. The van der Waals surface area contributed by atoms with Gasteiger partial charge in [0.2, 0.25) is 11.0 Å². The van der Waals surface area contributed by atoms with E-state index in [9.17, 15) is 20.2 Å². The first-order valence-electron chi connectivity index (χ1n) is 14.4. The monoisotopic (exact) mass is 951 g/mol. The van der Waals surface area contributed by atoms with Crippen molar-refractivity contribution in [2.24, 2.45) is 0 Å². The molecule has 2 saturated heterocycles. The molecule has 0 spiro atoms. The summed E-state index contributed by atoms with van der Waals surface area (Å²) in [6.07, 6.45) is 11.6. The first kappa shape index (κ1) is 45.3. The van der Waals surface area contributed by atoms with Crippen LogP contribution in [0.15, 0.2) is 36.8 Å². The number of nitrogen functional groups attached to an aromatic ring is 4. The number of piperidine rings is 2. The number of aliphatic hydroxyl groups excluding tert-OH is 1. The molecule has 0 saturated carbocycles. The molecule has 0 unspecified atom stereocenters. The van der Waals surface area contributed by atoms with E-state index in [1.54, 1.807) is 12.3 Å². The average Bonchev–Trinajstić information content (AvgIpc) is 3.04. The summed E-state index contributed by atoms with van der Waals surface area (Å²) in [5.74, 6) is 1.26. The number of nitrogens with two attached hydrogens (primary N) is 4. The van der Waals surface area contributed by atoms with Gasteiger partial charge in [-0.15, -0.1) is 0 Å². The summed E-state index contributed by atoms with van der Waals surface area (Å²) in [6, 6.07) is 4.53. The van der Waals surface area contributed by atoms with E-state index in [-0.39, 0.29) is 46.5 Å². The van der Waals surface area contributed by atoms with Crippen molar-refractivity contribution >= 4 is 103 Å². The SMILES string of the molecule is CO.C[C-](I)I.Nc1ccnc(Cl)c1[N+](=O)[O-].Nc1ccnc(N2CCCCC2)c1N.Nc1ccnc(N2CCCCC2)c1[N+](=O)[O-].[V]. The molecule has 3 aromatic heterocycles. The summed E-state index contributed by atoms with van der Waals surface area (Å²) in [5, 5.41) is 28.0. The second-order valence-electron chi connectivity index (χ2n) is 9.81. The van der Waals surface area contributed by atoms with Gasteiger partial charge in [0.25, 0.3) is 0 Å². The number of halogens is 3. The van der Waals surface area contributed by atoms with Crippen LogP contribution in [0.25, 0.3) is 0 Å². The van der Waals surface area contributed by atoms with E-state index in [0.29, 0.717) is 17.2 Å². The molecule has 0 bridgehead atoms. The number of pyridine rings is 3. The van der Waals surface area contributed by atoms with Gasteiger partial charge in [0, 0.05) is 70.4 Å². The van der Waals surface area contributed by atoms with Gasteiger partial charge in [-0.3, -0.25) is 20.2 Å². The van der Waals surface area contributed by atoms with Crippen molar-refractivity contribution in [1.29, 1.82) is 0 Å². The third-order valence-electron chi connectivity index (χ3n) is 6.53. The third-order valence-corrected chi connectivity index (χ3v) is 6.80. The van der Waals surface area contributed by atoms with Crippen molar-refractivity contribution in [3.8, 4) is 0 Å². The molecule has 2 aliphatic rings. The van der Waals surface area contributed by atoms with Gasteiger partial charge in [-0.05, 0) is 56.7 Å². The Hall–Kier alpha value is -2.66. The van der Waals surface area contributed by atoms with Gasteiger partial charge in [-0.25, -0.2) is 15.0 Å². The van der Waals surface area contributed by atoms with Crippen molar-refractivity contribution in [1.82, 2.24) is 15.0 Å². The molecule has 0 aliphatic carbocycles. The quantitative estimate of drug-likeness (QED) is 0.0662. The zero-order valence-electron chi connectivity index (χ0n) is 26.6. The van der Waals surface area contributed by atoms with Crippen LogP contribution in [0.5, 0.6) is 0 Å². The molecular formula is C28H41ClI2N11O5V-. The van der Waals surface area contributed by atoms with E-state index < -0.39 is 9.85 Å². The van der Waals surface area contributed by atoms with E-state index in [1.807, 2.05) is 4.90 Å². The molecule has 5 heterocycles. The number of hydrogen-bond acceptors (Lipinski definition) is 14. The molecule has 265 valence electrons. The Kier molecular flexibility index (Phi) is 23.1. The van der Waals surface area contributed by atoms with Gasteiger partial charge in [-0.1, -0.05) is 11.6 Å². The van der Waals surface area contributed by atoms with E-state index in [2.05, 4.69) is 72.0 Å². The molecule has 0 aromatic carbocycles. The van der Waals surface area contributed by atoms with Crippen molar-refractivity contribution in [2.75, 3.05) is 66.0 Å². The van der Waals surface area contributed by atoms with Crippen molar-refractivity contribution in [2.45, 2.75) is 45.4 Å². The van der Waals surface area contributed by atoms with Crippen molar-refractivity contribution in [3.05, 3.63) is 64.1 Å². The fourth-order valence-corrected chi connectivity index (χ4v) is 4.67. The van der Waals surface area contributed by atoms with Gasteiger partial charge >= 0.3 is 11.4 Å². The summed E-state index contributed by atoms with van der Waals surface area (Å²) in [7, 11) is 1.00. The Labute approximate surface area is 324 Å². The number of rotatable bonds is 4. The van der Waals surface area contributed by atoms with Crippen molar-refractivity contribution in [3.63, 3.8) is 0 Å². The van der Waals surface area contributed by atoms with Crippen LogP contribution in [-0.4, -0.2) is 63.2 Å². The van der Waals surface area contributed by atoms with Crippen molar-refractivity contribution < 1.29 is 33.5 Å². The van der Waals surface area contributed by atoms with E-state index in [0.717, 1.165) is 51.9 Å². The zero-order chi connectivity index (χ0) is 35.5. The number of nitrogens with zero attached hydrogens (tertiary/aromatic N) is 7. The van der Waals surface area contributed by atoms with Gasteiger partial charge < -0.3 is 83.0 Å². The standard InChI is InChI=1S/C10H14N4O2.C10H16N4.C5H4ClN3O2.C2H3I2.CH4O.V/c11-8-4-5-12-10(9(8)14(15)16)13-6-2-1-3-7-13;11-8-4-5-13-10(9(8)12)14-6-2-1-3-7-14;6-5-4(9(10)11)3(7)1-2-8-5;1-2(3)4;1-2;/h4-5H,1-3,6-7H2,(H2,11,12);4-5H,1-3,6-7,12H2,(H2,11,13);1-2H,(H2,7,8);1H3;2H,1H3;/q;;;-1;;. The molecule has 1 radical (unpaired) electrons. The molecule has 9 N–H and O–H groups in total. The van der Waals surface area contributed by atoms with Gasteiger partial charge in [-0.2, -0.15) is 8.86 Å². The number of hydrogen-bond donors (Lipinski definition) is 5. The summed E-state index contributed by atoms with van der Waals surface area (Å²) < 4.78 is 1.36. The molecule has 20 heteroatoms. The number of anilines is 6. The molecule has 2 aliphatic heterocycles. The first-order valence-corrected chi connectivity index (χ1v) is 16.9. The predicted octanol–water partition coefficient (Wildman–Crippen LogP) is 6.00. The largest absolute Gasteiger partial charge is 0.400 e. The van der Waals surface area contributed by atoms with E-state index in [4.69, 9.17) is 39.6 Å². The number of aromatic nitrogens is 3. The van der Waals surface area contributed by atoms with Crippen LogP contribution in [0.2, 0.25) is 5.15 Å². The summed E-state index contributed by atoms with van der Waals surface area (Å²) in [4.78, 5) is 36.1. The third kappa shape index (κ3) is 15.3. The Morgan fingerprint density at radius 1 is 0.729 bits per heavy atom. The average molecular weight is 952 g/mol. The van der Waals surface area contributed by atoms with E-state index in [1.165, 1.54) is 52.1 Å². The molecule has 5 rings (SSSR count). The number of nitro groups is 2. The topological polar surface area (TPSA) is 256 Å². The maximum absolute atomic E-state index is 10.9. The van der Waals surface area contributed by atoms with Gasteiger partial charge in [0.1, 0.15) is 11.4 Å². The minimum Gasteiger partial charge on any atom is -0.400 e. The molecule has 48 heavy (non-hydrogen) atoms. The van der Waals surface area contributed by atoms with Crippen LogP contribution in [0.4, 0.5) is 45.8 Å². The minimum atomic E-state index is -0.662. The fourth-order valence-electron chi connectivity index (χ4n) is 4.44. The second kappa shape index (κ2) is 24.5. The summed E-state index contributed by atoms with van der Waals surface area (Å²) in [6.45, 7) is 5.77. The summed E-state index contributed by atoms with van der Waals surface area (Å²) in [5.41, 5.74) is 23.5.